The number of hydrogen-bond acceptors (Lipinski definition) is 1. The largest absolute Gasteiger partial charge is 0.205 e. The lowest BCUT2D eigenvalue weighted by Crippen LogP contribution is -2.02. The van der Waals surface area contributed by atoms with E-state index >= 15 is 0 Å². The molecule has 0 spiro atoms. The van der Waals surface area contributed by atoms with Gasteiger partial charge in [-0.1, -0.05) is 0 Å². The lowest BCUT2D eigenvalue weighted by atomic mass is 11.9. The van der Waals surface area contributed by atoms with Gasteiger partial charge in [0.15, 0.2) is 0 Å². The van der Waals surface area contributed by atoms with Crippen LogP contribution in [-0.4, -0.2) is 6.53 Å². The summed E-state index contributed by atoms with van der Waals surface area (Å²) in [6.45, 7) is 2.47. The van der Waals surface area contributed by atoms with Gasteiger partial charge in [-0.3, -0.25) is 0 Å². The Labute approximate surface area is 43.3 Å². The lowest BCUT2D eigenvalue weighted by Gasteiger charge is -1.96. The molecule has 0 aromatic heterocycles. The molecule has 0 radical (unpaired) electrons. The summed E-state index contributed by atoms with van der Waals surface area (Å²) in [5.41, 5.74) is 0. The van der Waals surface area contributed by atoms with Gasteiger partial charge in [-0.2, -0.15) is 23.2 Å². The molecule has 0 aromatic rings. The van der Waals surface area contributed by atoms with Crippen LogP contribution in [0, 0.1) is 0 Å². The Kier molecular flexibility index (Phi) is 1.80. The zero-order chi connectivity index (χ0) is 4.50. The van der Waals surface area contributed by atoms with Gasteiger partial charge in [0.25, 0.3) is 0 Å². The molecule has 0 heterocycles. The maximum Gasteiger partial charge on any atom is 0.205 e. The summed E-state index contributed by atoms with van der Waals surface area (Å²) in [4.78, 5) is 0. The summed E-state index contributed by atoms with van der Waals surface area (Å²) in [6, 6.07) is 0. The van der Waals surface area contributed by atoms with E-state index in [1.54, 1.807) is 0 Å². The van der Waals surface area contributed by atoms with Gasteiger partial charge in [-0.05, 0) is 13.1 Å². The molecule has 0 aliphatic rings. The first-order chi connectivity index (χ1) is 2.00. The van der Waals surface area contributed by atoms with Crippen molar-refractivity contribution in [3.05, 3.63) is 0 Å². The second kappa shape index (κ2) is 1.54. The van der Waals surface area contributed by atoms with Crippen LogP contribution in [-0.2, 0) is 0 Å². The fourth-order valence-corrected chi connectivity index (χ4v) is 0. The van der Waals surface area contributed by atoms with Crippen molar-refractivity contribution in [2.45, 2.75) is 13.1 Å². The lowest BCUT2D eigenvalue weighted by molar-refractivity contribution is 2.08. The van der Waals surface area contributed by atoms with Crippen LogP contribution >= 0.6 is 23.2 Å². The molecule has 3 heteroatoms. The fraction of sp³-hybridized carbons (Fsp3) is 1.00. The third-order valence-corrected chi connectivity index (χ3v) is 0. The normalized spacial score (nSPS) is 12.0. The van der Waals surface area contributed by atoms with Gasteiger partial charge in [-0.15, -0.1) is 0 Å². The van der Waals surface area contributed by atoms with Crippen molar-refractivity contribution in [2.75, 3.05) is 0 Å². The number of halogens is 1. The van der Waals surface area contributed by atoms with Gasteiger partial charge in [0.05, 0.1) is 0 Å². The molecule has 0 rings (SSSR count). The number of hydrogen-bond donors (Lipinski definition) is 1. The molecule has 0 aliphatic carbocycles. The van der Waals surface area contributed by atoms with Gasteiger partial charge in [0, 0.05) is 0 Å². The second-order valence-electron chi connectivity index (χ2n) is 1.41. The van der Waals surface area contributed by atoms with E-state index in [0.29, 0.717) is 0 Å². The smallest absolute Gasteiger partial charge is 0.185 e. The topological polar surface area (TPSA) is 0 Å². The molecule has 32 valence electrons. The average molecular weight is 127 g/mol. The Morgan fingerprint density at radius 3 is 1.60 bits per heavy atom. The van der Waals surface area contributed by atoms with Crippen molar-refractivity contribution in [3.63, 3.8) is 0 Å². The Morgan fingerprint density at radius 2 is 1.60 bits per heavy atom. The SMILES string of the molecule is C[Si](C)(S)Cl. The predicted octanol–water partition coefficient (Wildman–Crippen LogP) is 1.86. The number of thiol groups is 1. The fourth-order valence-electron chi connectivity index (χ4n) is 0. The van der Waals surface area contributed by atoms with Crippen LogP contribution in [0.5, 0.6) is 0 Å². The van der Waals surface area contributed by atoms with Crippen molar-refractivity contribution < 1.29 is 0 Å². The first kappa shape index (κ1) is 5.86. The van der Waals surface area contributed by atoms with Crippen molar-refractivity contribution in [2.24, 2.45) is 0 Å². The monoisotopic (exact) mass is 126 g/mol. The Balaban J connectivity index is 3.02. The van der Waals surface area contributed by atoms with Crippen LogP contribution < -0.4 is 0 Å². The molecular formula is C2H7ClSSi. The quantitative estimate of drug-likeness (QED) is 0.286. The molecule has 0 saturated heterocycles. The Morgan fingerprint density at radius 1 is 1.60 bits per heavy atom. The second-order valence-corrected chi connectivity index (χ2v) is 11.2. The molecular weight excluding hydrogens is 120 g/mol. The average Bonchev–Trinajstić information content (AvgIpc) is 0.722. The predicted molar refractivity (Wildman–Crippen MR) is 32.3 cm³/mol. The summed E-state index contributed by atoms with van der Waals surface area (Å²) >= 11 is 9.56. The minimum Gasteiger partial charge on any atom is -0.185 e. The maximum absolute atomic E-state index is 5.53. The highest BCUT2D eigenvalue weighted by molar-refractivity contribution is 8.20. The molecule has 0 nitrogen and oxygen atoms in total. The summed E-state index contributed by atoms with van der Waals surface area (Å²) < 4.78 is 0. The van der Waals surface area contributed by atoms with Gasteiger partial charge < -0.3 is 0 Å². The third-order valence-electron chi connectivity index (χ3n) is 0. The summed E-state index contributed by atoms with van der Waals surface area (Å²) in [5, 5.41) is 0. The van der Waals surface area contributed by atoms with E-state index in [0.717, 1.165) is 0 Å². The van der Waals surface area contributed by atoms with E-state index in [9.17, 15) is 0 Å². The molecule has 5 heavy (non-hydrogen) atoms. The number of rotatable bonds is 0. The van der Waals surface area contributed by atoms with Crippen LogP contribution in [0.3, 0.4) is 0 Å². The highest BCUT2D eigenvalue weighted by Gasteiger charge is 2.06. The zero-order valence-corrected chi connectivity index (χ0v) is 5.98. The van der Waals surface area contributed by atoms with Crippen molar-refractivity contribution in [1.82, 2.24) is 0 Å². The molecule has 0 N–H and O–H groups in total. The van der Waals surface area contributed by atoms with Crippen LogP contribution in [0.1, 0.15) is 0 Å². The minimum absolute atomic E-state index is 1.44. The minimum atomic E-state index is -1.44. The van der Waals surface area contributed by atoms with Crippen molar-refractivity contribution in [3.8, 4) is 0 Å². The Hall–Kier alpha value is 0.857. The van der Waals surface area contributed by atoms with E-state index in [1.165, 1.54) is 0 Å². The first-order valence-corrected chi connectivity index (χ1v) is 6.71. The van der Waals surface area contributed by atoms with Crippen molar-refractivity contribution >= 4 is 29.7 Å². The molecule has 0 fully saturated rings. The van der Waals surface area contributed by atoms with E-state index in [-0.39, 0.29) is 0 Å². The highest BCUT2D eigenvalue weighted by atomic mass is 35.6. The molecule has 0 bridgehead atoms. The summed E-state index contributed by atoms with van der Waals surface area (Å²) in [5.74, 6) is 0. The van der Waals surface area contributed by atoms with Crippen LogP contribution in [0.15, 0.2) is 0 Å². The van der Waals surface area contributed by atoms with E-state index in [2.05, 4.69) is 12.1 Å². The highest BCUT2D eigenvalue weighted by Crippen LogP contribution is 2.09. The van der Waals surface area contributed by atoms with E-state index in [1.807, 2.05) is 13.1 Å². The van der Waals surface area contributed by atoms with Crippen LogP contribution in [0.2, 0.25) is 13.1 Å². The van der Waals surface area contributed by atoms with Crippen LogP contribution in [0.25, 0.3) is 0 Å². The zero-order valence-electron chi connectivity index (χ0n) is 3.33. The van der Waals surface area contributed by atoms with Crippen LogP contribution in [0.4, 0.5) is 0 Å². The van der Waals surface area contributed by atoms with Gasteiger partial charge >= 0.3 is 0 Å². The maximum atomic E-state index is 5.53. The third kappa shape index (κ3) is 54.0. The summed E-state index contributed by atoms with van der Waals surface area (Å²) in [6.07, 6.45) is 0. The summed E-state index contributed by atoms with van der Waals surface area (Å²) in [7, 11) is 0. The molecule has 0 aromatic carbocycles. The molecule has 0 amide bonds. The van der Waals surface area contributed by atoms with Gasteiger partial charge in [0.2, 0.25) is 6.53 Å². The first-order valence-electron chi connectivity index (χ1n) is 1.41. The molecule has 0 unspecified atom stereocenters. The molecule has 0 atom stereocenters. The van der Waals surface area contributed by atoms with E-state index in [4.69, 9.17) is 11.1 Å². The van der Waals surface area contributed by atoms with E-state index < -0.39 is 6.53 Å². The Bertz CT molecular complexity index is 25.1. The van der Waals surface area contributed by atoms with Gasteiger partial charge in [0.1, 0.15) is 0 Å². The van der Waals surface area contributed by atoms with Gasteiger partial charge in [-0.25, -0.2) is 0 Å². The van der Waals surface area contributed by atoms with Crippen molar-refractivity contribution in [1.29, 1.82) is 0 Å². The molecule has 0 saturated carbocycles. The standard InChI is InChI=1S/C2H7ClSSi/c1-5(2,3)4/h4H,1-2H3. The molecule has 0 aliphatic heterocycles.